The Bertz CT molecular complexity index is 607. The fourth-order valence-corrected chi connectivity index (χ4v) is 4.16. The van der Waals surface area contributed by atoms with Crippen LogP contribution in [0, 0.1) is 0 Å². The monoisotopic (exact) mass is 319 g/mol. The van der Waals surface area contributed by atoms with Gasteiger partial charge in [-0.15, -0.1) is 11.3 Å². The van der Waals surface area contributed by atoms with Crippen molar-refractivity contribution in [1.29, 1.82) is 0 Å². The summed E-state index contributed by atoms with van der Waals surface area (Å²) < 4.78 is 0. The van der Waals surface area contributed by atoms with Crippen LogP contribution >= 0.6 is 34.0 Å². The summed E-state index contributed by atoms with van der Waals surface area (Å²) in [6, 6.07) is 8.12. The van der Waals surface area contributed by atoms with Crippen LogP contribution in [0.3, 0.4) is 0 Å². The van der Waals surface area contributed by atoms with E-state index in [0.29, 0.717) is 6.42 Å². The van der Waals surface area contributed by atoms with Gasteiger partial charge in [0.05, 0.1) is 12.5 Å². The van der Waals surface area contributed by atoms with E-state index in [1.54, 1.807) is 34.0 Å². The van der Waals surface area contributed by atoms with Crippen molar-refractivity contribution in [2.24, 2.45) is 0 Å². The van der Waals surface area contributed by atoms with E-state index in [0.717, 1.165) is 11.1 Å². The topological polar surface area (TPSA) is 29.1 Å². The van der Waals surface area contributed by atoms with Gasteiger partial charge in [0.15, 0.2) is 0 Å². The predicted molar refractivity (Wildman–Crippen MR) is 86.6 cm³/mol. The maximum Gasteiger partial charge on any atom is 0.225 e. The van der Waals surface area contributed by atoms with Crippen molar-refractivity contribution in [1.82, 2.24) is 5.32 Å². The molecule has 0 aliphatic heterocycles. The van der Waals surface area contributed by atoms with Crippen LogP contribution in [0.5, 0.6) is 0 Å². The Morgan fingerprint density at radius 1 is 1.10 bits per heavy atom. The minimum absolute atomic E-state index is 0.0348. The van der Waals surface area contributed by atoms with E-state index >= 15 is 0 Å². The van der Waals surface area contributed by atoms with E-state index in [2.05, 4.69) is 22.8 Å². The highest BCUT2D eigenvalue weighted by Crippen LogP contribution is 2.27. The van der Waals surface area contributed by atoms with E-state index in [9.17, 15) is 4.79 Å². The molecule has 0 unspecified atom stereocenters. The minimum atomic E-state index is -0.0348. The molecule has 5 heteroatoms. The molecule has 0 aliphatic carbocycles. The molecule has 2 nitrogen and oxygen atoms in total. The zero-order chi connectivity index (χ0) is 13.8. The van der Waals surface area contributed by atoms with Crippen LogP contribution in [0.15, 0.2) is 51.2 Å². The number of nitrogens with one attached hydrogen (secondary N) is 1. The van der Waals surface area contributed by atoms with E-state index in [-0.39, 0.29) is 11.9 Å². The molecule has 20 heavy (non-hydrogen) atoms. The molecule has 0 fully saturated rings. The van der Waals surface area contributed by atoms with E-state index in [1.807, 2.05) is 33.7 Å². The summed E-state index contributed by atoms with van der Waals surface area (Å²) in [5.74, 6) is 0.0630. The summed E-state index contributed by atoms with van der Waals surface area (Å²) >= 11 is 4.94. The molecular formula is C15H13NOS3. The molecule has 0 saturated heterocycles. The largest absolute Gasteiger partial charge is 0.344 e. The highest BCUT2D eigenvalue weighted by Gasteiger charge is 2.18. The summed E-state index contributed by atoms with van der Waals surface area (Å²) in [5, 5.41) is 13.3. The van der Waals surface area contributed by atoms with Crippen molar-refractivity contribution in [2.75, 3.05) is 0 Å². The lowest BCUT2D eigenvalue weighted by Crippen LogP contribution is -2.29. The first-order valence-electron chi connectivity index (χ1n) is 6.19. The van der Waals surface area contributed by atoms with Crippen LogP contribution in [0.1, 0.15) is 22.0 Å². The van der Waals surface area contributed by atoms with Gasteiger partial charge in [-0.3, -0.25) is 4.79 Å². The molecule has 0 bridgehead atoms. The molecule has 0 radical (unpaired) electrons. The first-order valence-corrected chi connectivity index (χ1v) is 8.95. The molecule has 0 aliphatic rings. The molecule has 3 heterocycles. The van der Waals surface area contributed by atoms with Crippen molar-refractivity contribution in [3.63, 3.8) is 0 Å². The molecule has 1 N–H and O–H groups in total. The highest BCUT2D eigenvalue weighted by molar-refractivity contribution is 7.10. The normalized spacial score (nSPS) is 12.2. The zero-order valence-corrected chi connectivity index (χ0v) is 13.1. The Labute approximate surface area is 129 Å². The third kappa shape index (κ3) is 3.17. The third-order valence-electron chi connectivity index (χ3n) is 2.95. The van der Waals surface area contributed by atoms with E-state index in [1.165, 1.54) is 4.88 Å². The molecule has 102 valence electrons. The van der Waals surface area contributed by atoms with Crippen LogP contribution in [0.4, 0.5) is 0 Å². The van der Waals surface area contributed by atoms with Gasteiger partial charge in [-0.25, -0.2) is 0 Å². The summed E-state index contributed by atoms with van der Waals surface area (Å²) in [6.45, 7) is 0. The molecular weight excluding hydrogens is 306 g/mol. The van der Waals surface area contributed by atoms with Crippen molar-refractivity contribution in [3.05, 3.63) is 67.2 Å². The second-order valence-electron chi connectivity index (χ2n) is 4.38. The third-order valence-corrected chi connectivity index (χ3v) is 5.33. The SMILES string of the molecule is O=C(Cc1ccsc1)N[C@@H](c1ccsc1)c1cccs1. The van der Waals surface area contributed by atoms with Crippen molar-refractivity contribution >= 4 is 39.9 Å². The van der Waals surface area contributed by atoms with Crippen molar-refractivity contribution < 1.29 is 4.79 Å². The lowest BCUT2D eigenvalue weighted by molar-refractivity contribution is -0.120. The van der Waals surface area contributed by atoms with Gasteiger partial charge in [0, 0.05) is 4.88 Å². The van der Waals surface area contributed by atoms with Crippen LogP contribution in [-0.2, 0) is 11.2 Å². The van der Waals surface area contributed by atoms with Crippen LogP contribution in [-0.4, -0.2) is 5.91 Å². The van der Waals surface area contributed by atoms with E-state index in [4.69, 9.17) is 0 Å². The van der Waals surface area contributed by atoms with Gasteiger partial charge in [0.2, 0.25) is 5.91 Å². The van der Waals surface area contributed by atoms with Gasteiger partial charge in [0.25, 0.3) is 0 Å². The van der Waals surface area contributed by atoms with Crippen LogP contribution in [0.2, 0.25) is 0 Å². The Balaban J connectivity index is 1.75. The Morgan fingerprint density at radius 3 is 2.60 bits per heavy atom. The van der Waals surface area contributed by atoms with Crippen molar-refractivity contribution in [2.45, 2.75) is 12.5 Å². The average molecular weight is 319 g/mol. The van der Waals surface area contributed by atoms with Crippen LogP contribution in [0.25, 0.3) is 0 Å². The minimum Gasteiger partial charge on any atom is -0.344 e. The highest BCUT2D eigenvalue weighted by atomic mass is 32.1. The maximum atomic E-state index is 12.2. The Kier molecular flexibility index (Phi) is 4.30. The summed E-state index contributed by atoms with van der Waals surface area (Å²) in [7, 11) is 0. The van der Waals surface area contributed by atoms with E-state index < -0.39 is 0 Å². The van der Waals surface area contributed by atoms with Gasteiger partial charge >= 0.3 is 0 Å². The standard InChI is InChI=1S/C15H13NOS3/c17-14(8-11-3-6-18-9-11)16-15(12-4-7-19-10-12)13-2-1-5-20-13/h1-7,9-10,15H,8H2,(H,16,17)/t15-/m0/s1. The predicted octanol–water partition coefficient (Wildman–Crippen LogP) is 4.32. The van der Waals surface area contributed by atoms with Gasteiger partial charge < -0.3 is 5.32 Å². The van der Waals surface area contributed by atoms with Gasteiger partial charge in [0.1, 0.15) is 0 Å². The smallest absolute Gasteiger partial charge is 0.225 e. The molecule has 0 aromatic carbocycles. The number of carbonyl (C=O) groups is 1. The first-order chi connectivity index (χ1) is 9.83. The number of hydrogen-bond donors (Lipinski definition) is 1. The Morgan fingerprint density at radius 2 is 1.95 bits per heavy atom. The van der Waals surface area contributed by atoms with Crippen LogP contribution < -0.4 is 5.32 Å². The second kappa shape index (κ2) is 6.35. The van der Waals surface area contributed by atoms with Gasteiger partial charge in [-0.1, -0.05) is 6.07 Å². The number of amides is 1. The molecule has 1 amide bonds. The molecule has 3 aromatic rings. The number of hydrogen-bond acceptors (Lipinski definition) is 4. The fourth-order valence-electron chi connectivity index (χ4n) is 2.00. The second-order valence-corrected chi connectivity index (χ2v) is 6.92. The maximum absolute atomic E-state index is 12.2. The number of carbonyl (C=O) groups excluding carboxylic acids is 1. The quantitative estimate of drug-likeness (QED) is 0.745. The molecule has 3 rings (SSSR count). The fraction of sp³-hybridized carbons (Fsp3) is 0.133. The van der Waals surface area contributed by atoms with Gasteiger partial charge in [-0.2, -0.15) is 22.7 Å². The molecule has 3 aromatic heterocycles. The summed E-state index contributed by atoms with van der Waals surface area (Å²) in [6.07, 6.45) is 0.440. The molecule has 1 atom stereocenters. The lowest BCUT2D eigenvalue weighted by atomic mass is 10.1. The number of thiophene rings is 3. The Hall–Kier alpha value is -1.43. The number of rotatable bonds is 5. The average Bonchev–Trinajstić information content (AvgIpc) is 3.18. The lowest BCUT2D eigenvalue weighted by Gasteiger charge is -2.16. The van der Waals surface area contributed by atoms with Gasteiger partial charge in [-0.05, 0) is 56.2 Å². The summed E-state index contributed by atoms with van der Waals surface area (Å²) in [5.41, 5.74) is 2.22. The molecule has 0 saturated carbocycles. The van der Waals surface area contributed by atoms with Crippen molar-refractivity contribution in [3.8, 4) is 0 Å². The first kappa shape index (κ1) is 13.5. The summed E-state index contributed by atoms with van der Waals surface area (Å²) in [4.78, 5) is 13.4. The zero-order valence-electron chi connectivity index (χ0n) is 10.6. The molecule has 0 spiro atoms.